The Labute approximate surface area is 281 Å². The molecule has 0 fully saturated rings. The second-order valence-corrected chi connectivity index (χ2v) is 12.3. The first-order valence-electron chi connectivity index (χ1n) is 16.0. The highest BCUT2D eigenvalue weighted by molar-refractivity contribution is 6.14. The molecular formula is C38H42N4O6. The molecule has 0 bridgehead atoms. The number of hydrogen-bond acceptors (Lipinski definition) is 9. The molecule has 250 valence electrons. The molecule has 48 heavy (non-hydrogen) atoms. The maximum Gasteiger partial charge on any atom is 0.343 e. The molecule has 3 aromatic carbocycles. The molecule has 0 saturated heterocycles. The number of nitrogens with zero attached hydrogens (tertiary/aromatic N) is 3. The quantitative estimate of drug-likeness (QED) is 0.103. The third kappa shape index (κ3) is 7.38. The average molecular weight is 651 g/mol. The first-order valence-corrected chi connectivity index (χ1v) is 16.0. The SMILES string of the molecule is CCC/C(C)=C/CN1C(=O)C2=CCCC(OC(=O)c3ccc(N(C)C)cc3)=C2Nc2c(OC(=O)c3ccc(N(C)C)cc3)cc(O)cc21. The number of allylic oxidation sites excluding steroid dienone is 3. The Morgan fingerprint density at radius 2 is 1.50 bits per heavy atom. The Bertz CT molecular complexity index is 1800. The van der Waals surface area contributed by atoms with Gasteiger partial charge in [-0.1, -0.05) is 31.1 Å². The predicted molar refractivity (Wildman–Crippen MR) is 189 cm³/mol. The first-order chi connectivity index (χ1) is 23.0. The summed E-state index contributed by atoms with van der Waals surface area (Å²) in [5, 5.41) is 14.1. The van der Waals surface area contributed by atoms with E-state index in [4.69, 9.17) is 9.47 Å². The lowest BCUT2D eigenvalue weighted by atomic mass is 10.0. The van der Waals surface area contributed by atoms with Gasteiger partial charge in [0.05, 0.1) is 28.1 Å². The molecule has 3 aromatic rings. The number of anilines is 4. The van der Waals surface area contributed by atoms with Gasteiger partial charge in [-0.05, 0) is 68.3 Å². The number of esters is 2. The molecule has 2 N–H and O–H groups in total. The van der Waals surface area contributed by atoms with E-state index in [1.807, 2.05) is 81.3 Å². The molecular weight excluding hydrogens is 608 g/mol. The van der Waals surface area contributed by atoms with E-state index in [-0.39, 0.29) is 35.4 Å². The van der Waals surface area contributed by atoms with E-state index in [0.29, 0.717) is 40.9 Å². The maximum atomic E-state index is 14.3. The summed E-state index contributed by atoms with van der Waals surface area (Å²) in [4.78, 5) is 46.4. The molecule has 0 aromatic heterocycles. The largest absolute Gasteiger partial charge is 0.508 e. The minimum Gasteiger partial charge on any atom is -0.508 e. The van der Waals surface area contributed by atoms with Gasteiger partial charge in [0.25, 0.3) is 5.91 Å². The molecule has 0 spiro atoms. The number of ether oxygens (including phenoxy) is 2. The number of nitrogens with one attached hydrogen (secondary N) is 1. The number of rotatable bonds is 10. The minimum atomic E-state index is -0.642. The molecule has 1 aliphatic carbocycles. The molecule has 5 rings (SSSR count). The highest BCUT2D eigenvalue weighted by Crippen LogP contribution is 2.45. The fraction of sp³-hybridized carbons (Fsp3) is 0.289. The number of phenolic OH excluding ortho intramolecular Hbond substituents is 1. The van der Waals surface area contributed by atoms with Crippen molar-refractivity contribution in [2.45, 2.75) is 39.5 Å². The van der Waals surface area contributed by atoms with E-state index >= 15 is 0 Å². The van der Waals surface area contributed by atoms with Gasteiger partial charge >= 0.3 is 11.9 Å². The van der Waals surface area contributed by atoms with Crippen LogP contribution in [-0.2, 0) is 9.53 Å². The molecule has 2 aliphatic rings. The Balaban J connectivity index is 1.57. The Hall–Kier alpha value is -5.51. The number of phenols is 1. The van der Waals surface area contributed by atoms with Crippen molar-refractivity contribution in [2.24, 2.45) is 0 Å². The van der Waals surface area contributed by atoms with E-state index < -0.39 is 11.9 Å². The lowest BCUT2D eigenvalue weighted by Gasteiger charge is -2.23. The van der Waals surface area contributed by atoms with Crippen molar-refractivity contribution < 1.29 is 29.0 Å². The van der Waals surface area contributed by atoms with Crippen molar-refractivity contribution in [1.29, 1.82) is 0 Å². The van der Waals surface area contributed by atoms with Crippen LogP contribution < -0.4 is 24.8 Å². The fourth-order valence-corrected chi connectivity index (χ4v) is 5.59. The van der Waals surface area contributed by atoms with Gasteiger partial charge in [0.15, 0.2) is 5.75 Å². The van der Waals surface area contributed by atoms with Crippen molar-refractivity contribution in [1.82, 2.24) is 0 Å². The molecule has 10 nitrogen and oxygen atoms in total. The summed E-state index contributed by atoms with van der Waals surface area (Å²) < 4.78 is 11.9. The number of aromatic hydroxyl groups is 1. The molecule has 0 unspecified atom stereocenters. The van der Waals surface area contributed by atoms with Crippen LogP contribution in [0, 0.1) is 0 Å². The lowest BCUT2D eigenvalue weighted by molar-refractivity contribution is -0.114. The van der Waals surface area contributed by atoms with Crippen LogP contribution in [0.2, 0.25) is 0 Å². The normalized spacial score (nSPS) is 14.3. The first kappa shape index (κ1) is 33.8. The number of benzene rings is 3. The summed E-state index contributed by atoms with van der Waals surface area (Å²) in [5.74, 6) is -1.43. The second-order valence-electron chi connectivity index (χ2n) is 12.3. The summed E-state index contributed by atoms with van der Waals surface area (Å²) >= 11 is 0. The zero-order valence-electron chi connectivity index (χ0n) is 28.3. The third-order valence-electron chi connectivity index (χ3n) is 8.27. The van der Waals surface area contributed by atoms with Crippen LogP contribution in [0.3, 0.4) is 0 Å². The number of carbonyl (C=O) groups is 3. The van der Waals surface area contributed by atoms with Crippen LogP contribution in [0.1, 0.15) is 60.2 Å². The van der Waals surface area contributed by atoms with Crippen molar-refractivity contribution >= 4 is 40.6 Å². The number of hydrogen-bond donors (Lipinski definition) is 2. The highest BCUT2D eigenvalue weighted by atomic mass is 16.5. The molecule has 1 heterocycles. The monoisotopic (exact) mass is 650 g/mol. The van der Waals surface area contributed by atoms with E-state index in [1.165, 1.54) is 17.0 Å². The van der Waals surface area contributed by atoms with Crippen LogP contribution in [0.4, 0.5) is 22.7 Å². The van der Waals surface area contributed by atoms with E-state index in [9.17, 15) is 19.5 Å². The summed E-state index contributed by atoms with van der Waals surface area (Å²) in [6.07, 6.45) is 6.44. The van der Waals surface area contributed by atoms with Gasteiger partial charge in [0, 0.05) is 64.7 Å². The standard InChI is InChI=1S/C38H42N4O6/c1-7-9-24(2)20-21-42-31-22-29(43)23-33(48-38(46)26-14-18-28(19-15-26)41(5)6)35(31)39-34-30(36(42)44)10-8-11-32(34)47-37(45)25-12-16-27(17-13-25)40(3)4/h10,12-20,22-23,39,43H,7-9,11,21H2,1-6H3/b24-20+. The summed E-state index contributed by atoms with van der Waals surface area (Å²) in [7, 11) is 7.64. The zero-order chi connectivity index (χ0) is 34.5. The number of carbonyl (C=O) groups excluding carboxylic acids is 3. The van der Waals surface area contributed by atoms with Crippen LogP contribution in [0.25, 0.3) is 0 Å². The number of fused-ring (bicyclic) bond motifs is 2. The van der Waals surface area contributed by atoms with Gasteiger partial charge in [-0.15, -0.1) is 0 Å². The molecule has 10 heteroatoms. The van der Waals surface area contributed by atoms with Gasteiger partial charge < -0.3 is 34.6 Å². The van der Waals surface area contributed by atoms with Crippen molar-refractivity contribution in [3.63, 3.8) is 0 Å². The summed E-state index contributed by atoms with van der Waals surface area (Å²) in [6, 6.07) is 16.8. The predicted octanol–water partition coefficient (Wildman–Crippen LogP) is 7.04. The molecule has 1 amide bonds. The Kier molecular flexibility index (Phi) is 10.2. The molecule has 0 radical (unpaired) electrons. The van der Waals surface area contributed by atoms with Crippen molar-refractivity contribution in [2.75, 3.05) is 54.8 Å². The van der Waals surface area contributed by atoms with Crippen molar-refractivity contribution in [3.05, 3.63) is 107 Å². The Morgan fingerprint density at radius 1 is 0.917 bits per heavy atom. The van der Waals surface area contributed by atoms with E-state index in [1.54, 1.807) is 24.3 Å². The van der Waals surface area contributed by atoms with E-state index in [0.717, 1.165) is 29.8 Å². The summed E-state index contributed by atoms with van der Waals surface area (Å²) in [6.45, 7) is 4.31. The van der Waals surface area contributed by atoms with E-state index in [2.05, 4.69) is 12.2 Å². The van der Waals surface area contributed by atoms with Crippen LogP contribution >= 0.6 is 0 Å². The molecule has 0 saturated carbocycles. The molecule has 0 atom stereocenters. The van der Waals surface area contributed by atoms with Gasteiger partial charge in [-0.2, -0.15) is 0 Å². The second kappa shape index (κ2) is 14.5. The van der Waals surface area contributed by atoms with Gasteiger partial charge in [0.2, 0.25) is 0 Å². The third-order valence-corrected chi connectivity index (χ3v) is 8.27. The van der Waals surface area contributed by atoms with Crippen LogP contribution in [0.15, 0.2) is 95.4 Å². The maximum absolute atomic E-state index is 14.3. The smallest absolute Gasteiger partial charge is 0.343 e. The topological polar surface area (TPSA) is 112 Å². The molecule has 1 aliphatic heterocycles. The van der Waals surface area contributed by atoms with Crippen LogP contribution in [-0.4, -0.2) is 57.7 Å². The van der Waals surface area contributed by atoms with Gasteiger partial charge in [-0.25, -0.2) is 9.59 Å². The highest BCUT2D eigenvalue weighted by Gasteiger charge is 2.35. The lowest BCUT2D eigenvalue weighted by Crippen LogP contribution is -2.32. The number of amides is 1. The fourth-order valence-electron chi connectivity index (χ4n) is 5.59. The van der Waals surface area contributed by atoms with Crippen molar-refractivity contribution in [3.8, 4) is 11.5 Å². The minimum absolute atomic E-state index is 0.0167. The van der Waals surface area contributed by atoms with Gasteiger partial charge in [-0.3, -0.25) is 4.79 Å². The van der Waals surface area contributed by atoms with Gasteiger partial charge in [0.1, 0.15) is 17.2 Å². The Morgan fingerprint density at radius 3 is 2.06 bits per heavy atom. The zero-order valence-corrected chi connectivity index (χ0v) is 28.3. The summed E-state index contributed by atoms with van der Waals surface area (Å²) in [5.41, 5.74) is 4.87. The van der Waals surface area contributed by atoms with Crippen LogP contribution in [0.5, 0.6) is 11.5 Å². The average Bonchev–Trinajstić information content (AvgIpc) is 3.18.